The molecule has 0 aliphatic heterocycles. The van der Waals surface area contributed by atoms with Crippen molar-refractivity contribution in [1.29, 1.82) is 5.26 Å². The molecule has 5 heteroatoms. The minimum absolute atomic E-state index is 0.396. The molecule has 0 radical (unpaired) electrons. The number of hydrogen-bond acceptors (Lipinski definition) is 5. The van der Waals surface area contributed by atoms with Gasteiger partial charge in [0.2, 0.25) is 5.95 Å². The van der Waals surface area contributed by atoms with Gasteiger partial charge in [-0.25, -0.2) is 14.9 Å². The van der Waals surface area contributed by atoms with Crippen molar-refractivity contribution in [3.63, 3.8) is 0 Å². The minimum Gasteiger partial charge on any atom is -0.492 e. The predicted molar refractivity (Wildman–Crippen MR) is 81.1 cm³/mol. The Morgan fingerprint density at radius 3 is 2.29 bits per heavy atom. The second kappa shape index (κ2) is 6.71. The molecular formula is C16H18N4O. The van der Waals surface area contributed by atoms with Crippen molar-refractivity contribution in [2.45, 2.75) is 20.8 Å². The van der Waals surface area contributed by atoms with Crippen LogP contribution in [-0.4, -0.2) is 23.1 Å². The van der Waals surface area contributed by atoms with Crippen molar-refractivity contribution in [2.24, 2.45) is 0 Å². The summed E-state index contributed by atoms with van der Waals surface area (Å²) in [5.41, 5.74) is 2.87. The third-order valence-corrected chi connectivity index (χ3v) is 2.94. The average molecular weight is 282 g/mol. The van der Waals surface area contributed by atoms with Gasteiger partial charge in [0.25, 0.3) is 0 Å². The van der Waals surface area contributed by atoms with Gasteiger partial charge in [0.1, 0.15) is 12.4 Å². The maximum absolute atomic E-state index is 9.24. The van der Waals surface area contributed by atoms with Crippen LogP contribution >= 0.6 is 0 Å². The molecule has 0 N–H and O–H groups in total. The van der Waals surface area contributed by atoms with Crippen LogP contribution < -0.4 is 9.64 Å². The van der Waals surface area contributed by atoms with E-state index in [2.05, 4.69) is 16.2 Å². The molecule has 108 valence electrons. The Balaban J connectivity index is 1.96. The molecule has 0 spiro atoms. The van der Waals surface area contributed by atoms with Crippen LogP contribution in [0.25, 0.3) is 0 Å². The van der Waals surface area contributed by atoms with Gasteiger partial charge in [-0.1, -0.05) is 17.7 Å². The van der Waals surface area contributed by atoms with Crippen molar-refractivity contribution in [1.82, 2.24) is 9.97 Å². The zero-order valence-corrected chi connectivity index (χ0v) is 12.5. The molecule has 1 heterocycles. The molecule has 0 aliphatic carbocycles. The fourth-order valence-corrected chi connectivity index (χ4v) is 1.91. The van der Waals surface area contributed by atoms with Crippen molar-refractivity contribution >= 4 is 5.95 Å². The molecule has 0 unspecified atom stereocenters. The Bertz CT molecular complexity index is 626. The first kappa shape index (κ1) is 14.8. The van der Waals surface area contributed by atoms with E-state index in [0.717, 1.165) is 17.1 Å². The van der Waals surface area contributed by atoms with Gasteiger partial charge < -0.3 is 4.74 Å². The Morgan fingerprint density at radius 2 is 1.71 bits per heavy atom. The smallest absolute Gasteiger partial charge is 0.239 e. The predicted octanol–water partition coefficient (Wildman–Crippen LogP) is 2.77. The molecule has 21 heavy (non-hydrogen) atoms. The van der Waals surface area contributed by atoms with Gasteiger partial charge in [-0.15, -0.1) is 0 Å². The highest BCUT2D eigenvalue weighted by molar-refractivity contribution is 5.37. The Kier molecular flexibility index (Phi) is 4.72. The molecule has 0 saturated heterocycles. The molecule has 1 aromatic heterocycles. The SMILES string of the molecule is Cc1ccc(OCCN(C#N)c2nc(C)cc(C)n2)cc1. The van der Waals surface area contributed by atoms with Gasteiger partial charge >= 0.3 is 0 Å². The van der Waals surface area contributed by atoms with E-state index in [-0.39, 0.29) is 0 Å². The van der Waals surface area contributed by atoms with E-state index in [1.54, 1.807) is 0 Å². The molecule has 0 atom stereocenters. The summed E-state index contributed by atoms with van der Waals surface area (Å²) in [6.07, 6.45) is 2.10. The largest absolute Gasteiger partial charge is 0.492 e. The van der Waals surface area contributed by atoms with Gasteiger partial charge in [-0.05, 0) is 39.0 Å². The van der Waals surface area contributed by atoms with E-state index >= 15 is 0 Å². The molecule has 1 aromatic carbocycles. The zero-order valence-electron chi connectivity index (χ0n) is 12.5. The Hall–Kier alpha value is -2.61. The minimum atomic E-state index is 0.396. The number of nitriles is 1. The molecule has 2 aromatic rings. The summed E-state index contributed by atoms with van der Waals surface area (Å²) in [6, 6.07) is 9.69. The number of aromatic nitrogens is 2. The molecule has 5 nitrogen and oxygen atoms in total. The number of benzene rings is 1. The van der Waals surface area contributed by atoms with E-state index < -0.39 is 0 Å². The second-order valence-corrected chi connectivity index (χ2v) is 4.86. The highest BCUT2D eigenvalue weighted by Crippen LogP contribution is 2.12. The lowest BCUT2D eigenvalue weighted by Crippen LogP contribution is -2.25. The van der Waals surface area contributed by atoms with Gasteiger partial charge in [-0.3, -0.25) is 0 Å². The Labute approximate surface area is 124 Å². The van der Waals surface area contributed by atoms with Crippen LogP contribution in [0.15, 0.2) is 30.3 Å². The normalized spacial score (nSPS) is 10.0. The van der Waals surface area contributed by atoms with Crippen molar-refractivity contribution in [3.05, 3.63) is 47.3 Å². The van der Waals surface area contributed by atoms with Crippen LogP contribution in [0.5, 0.6) is 5.75 Å². The molecule has 2 rings (SSSR count). The van der Waals surface area contributed by atoms with E-state index in [1.807, 2.05) is 51.1 Å². The topological polar surface area (TPSA) is 62.0 Å². The number of anilines is 1. The fraction of sp³-hybridized carbons (Fsp3) is 0.312. The molecule has 0 fully saturated rings. The quantitative estimate of drug-likeness (QED) is 0.623. The van der Waals surface area contributed by atoms with Crippen LogP contribution in [0, 0.1) is 32.2 Å². The van der Waals surface area contributed by atoms with Gasteiger partial charge in [0.15, 0.2) is 6.19 Å². The van der Waals surface area contributed by atoms with Crippen LogP contribution in [0.1, 0.15) is 17.0 Å². The summed E-state index contributed by atoms with van der Waals surface area (Å²) in [5, 5.41) is 9.24. The fourth-order valence-electron chi connectivity index (χ4n) is 1.91. The average Bonchev–Trinajstić information content (AvgIpc) is 2.44. The maximum Gasteiger partial charge on any atom is 0.239 e. The third kappa shape index (κ3) is 4.18. The number of aryl methyl sites for hydroxylation is 3. The first-order chi connectivity index (χ1) is 10.1. The van der Waals surface area contributed by atoms with Crippen molar-refractivity contribution < 1.29 is 4.74 Å². The molecule has 0 aliphatic rings. The van der Waals surface area contributed by atoms with Crippen LogP contribution in [0.2, 0.25) is 0 Å². The Morgan fingerprint density at radius 1 is 1.10 bits per heavy atom. The summed E-state index contributed by atoms with van der Waals surface area (Å²) < 4.78 is 5.63. The highest BCUT2D eigenvalue weighted by Gasteiger charge is 2.10. The highest BCUT2D eigenvalue weighted by atomic mass is 16.5. The second-order valence-electron chi connectivity index (χ2n) is 4.86. The van der Waals surface area contributed by atoms with E-state index in [4.69, 9.17) is 4.74 Å². The lowest BCUT2D eigenvalue weighted by Gasteiger charge is -2.15. The first-order valence-electron chi connectivity index (χ1n) is 6.77. The number of hydrogen-bond donors (Lipinski definition) is 0. The van der Waals surface area contributed by atoms with Crippen LogP contribution in [-0.2, 0) is 0 Å². The molecule has 0 bridgehead atoms. The van der Waals surface area contributed by atoms with Gasteiger partial charge in [-0.2, -0.15) is 5.26 Å². The van der Waals surface area contributed by atoms with E-state index in [1.165, 1.54) is 10.5 Å². The summed E-state index contributed by atoms with van der Waals surface area (Å²) in [6.45, 7) is 6.60. The monoisotopic (exact) mass is 282 g/mol. The lowest BCUT2D eigenvalue weighted by molar-refractivity contribution is 0.327. The van der Waals surface area contributed by atoms with Gasteiger partial charge in [0, 0.05) is 11.4 Å². The number of rotatable bonds is 5. The molecular weight excluding hydrogens is 264 g/mol. The summed E-state index contributed by atoms with van der Waals surface area (Å²) in [4.78, 5) is 10.00. The summed E-state index contributed by atoms with van der Waals surface area (Å²) >= 11 is 0. The number of ether oxygens (including phenoxy) is 1. The lowest BCUT2D eigenvalue weighted by atomic mass is 10.2. The third-order valence-electron chi connectivity index (χ3n) is 2.94. The first-order valence-corrected chi connectivity index (χ1v) is 6.77. The van der Waals surface area contributed by atoms with Crippen molar-refractivity contribution in [3.8, 4) is 11.9 Å². The zero-order chi connectivity index (χ0) is 15.2. The standard InChI is InChI=1S/C16H18N4O/c1-12-4-6-15(7-5-12)21-9-8-20(11-17)16-18-13(2)10-14(3)19-16/h4-7,10H,8-9H2,1-3H3. The summed E-state index contributed by atoms with van der Waals surface area (Å²) in [7, 11) is 0. The van der Waals surface area contributed by atoms with Crippen LogP contribution in [0.4, 0.5) is 5.95 Å². The summed E-state index contributed by atoms with van der Waals surface area (Å²) in [5.74, 6) is 1.21. The van der Waals surface area contributed by atoms with E-state index in [9.17, 15) is 5.26 Å². The van der Waals surface area contributed by atoms with Crippen molar-refractivity contribution in [2.75, 3.05) is 18.1 Å². The van der Waals surface area contributed by atoms with Crippen LogP contribution in [0.3, 0.4) is 0 Å². The van der Waals surface area contributed by atoms with Gasteiger partial charge in [0.05, 0.1) is 6.54 Å². The van der Waals surface area contributed by atoms with E-state index in [0.29, 0.717) is 19.1 Å². The molecule has 0 saturated carbocycles. The molecule has 0 amide bonds. The number of nitrogens with zero attached hydrogens (tertiary/aromatic N) is 4. The maximum atomic E-state index is 9.24.